The van der Waals surface area contributed by atoms with Gasteiger partial charge in [0.1, 0.15) is 0 Å². The Morgan fingerprint density at radius 2 is 1.83 bits per heavy atom. The highest BCUT2D eigenvalue weighted by Crippen LogP contribution is 2.37. The van der Waals surface area contributed by atoms with Crippen LogP contribution >= 0.6 is 0 Å². The second-order valence-corrected chi connectivity index (χ2v) is 5.85. The SMILES string of the molecule is C=C(C)OC1C(OC)=C(OC)C(=O)C(C)C1Cc1ccccc1. The van der Waals surface area contributed by atoms with Gasteiger partial charge in [-0.3, -0.25) is 4.79 Å². The maximum atomic E-state index is 12.6. The summed E-state index contributed by atoms with van der Waals surface area (Å²) in [6.07, 6.45) is 0.329. The molecular formula is C19H24O4. The van der Waals surface area contributed by atoms with Gasteiger partial charge in [-0.1, -0.05) is 43.8 Å². The third-order valence-corrected chi connectivity index (χ3v) is 4.22. The minimum absolute atomic E-state index is 0.0459. The second-order valence-electron chi connectivity index (χ2n) is 5.85. The van der Waals surface area contributed by atoms with Crippen LogP contribution in [-0.4, -0.2) is 26.1 Å². The monoisotopic (exact) mass is 316 g/mol. The van der Waals surface area contributed by atoms with E-state index in [1.54, 1.807) is 6.92 Å². The Morgan fingerprint density at radius 1 is 1.17 bits per heavy atom. The third-order valence-electron chi connectivity index (χ3n) is 4.22. The third kappa shape index (κ3) is 3.58. The van der Waals surface area contributed by atoms with Gasteiger partial charge in [-0.25, -0.2) is 0 Å². The molecule has 0 radical (unpaired) electrons. The van der Waals surface area contributed by atoms with Gasteiger partial charge in [-0.05, 0) is 18.9 Å². The molecule has 0 spiro atoms. The van der Waals surface area contributed by atoms with Crippen LogP contribution in [0.15, 0.2) is 54.2 Å². The van der Waals surface area contributed by atoms with E-state index in [4.69, 9.17) is 14.2 Å². The zero-order valence-corrected chi connectivity index (χ0v) is 14.2. The van der Waals surface area contributed by atoms with Crippen LogP contribution in [0, 0.1) is 11.8 Å². The van der Waals surface area contributed by atoms with Gasteiger partial charge in [-0.2, -0.15) is 0 Å². The Labute approximate surface area is 137 Å². The summed E-state index contributed by atoms with van der Waals surface area (Å²) in [5.41, 5.74) is 1.16. The van der Waals surface area contributed by atoms with Gasteiger partial charge in [-0.15, -0.1) is 0 Å². The number of carbonyl (C=O) groups is 1. The van der Waals surface area contributed by atoms with Crippen molar-refractivity contribution in [3.63, 3.8) is 0 Å². The number of benzene rings is 1. The number of rotatable bonds is 6. The summed E-state index contributed by atoms with van der Waals surface area (Å²) in [6, 6.07) is 10.1. The molecule has 0 amide bonds. The molecule has 4 heteroatoms. The zero-order valence-electron chi connectivity index (χ0n) is 14.2. The number of allylic oxidation sites excluding steroid dienone is 2. The van der Waals surface area contributed by atoms with Crippen LogP contribution in [-0.2, 0) is 25.4 Å². The molecule has 2 rings (SSSR count). The van der Waals surface area contributed by atoms with Gasteiger partial charge in [0.25, 0.3) is 0 Å². The van der Waals surface area contributed by atoms with E-state index in [1.807, 2.05) is 25.1 Å². The number of Topliss-reactive ketones (excluding diaryl/α,β-unsaturated/α-hetero) is 1. The molecule has 0 saturated carbocycles. The van der Waals surface area contributed by atoms with Crippen molar-refractivity contribution in [2.75, 3.05) is 14.2 Å². The van der Waals surface area contributed by atoms with Crippen molar-refractivity contribution in [1.82, 2.24) is 0 Å². The molecule has 0 aromatic heterocycles. The van der Waals surface area contributed by atoms with Crippen molar-refractivity contribution in [3.8, 4) is 0 Å². The number of carbonyl (C=O) groups excluding carboxylic acids is 1. The smallest absolute Gasteiger partial charge is 0.204 e. The van der Waals surface area contributed by atoms with E-state index in [2.05, 4.69) is 18.7 Å². The first-order valence-corrected chi connectivity index (χ1v) is 7.72. The van der Waals surface area contributed by atoms with Crippen molar-refractivity contribution in [2.24, 2.45) is 11.8 Å². The topological polar surface area (TPSA) is 44.8 Å². The second kappa shape index (κ2) is 7.36. The molecule has 1 aliphatic carbocycles. The molecule has 4 nitrogen and oxygen atoms in total. The van der Waals surface area contributed by atoms with Gasteiger partial charge in [0, 0.05) is 11.8 Å². The molecule has 0 bridgehead atoms. The van der Waals surface area contributed by atoms with E-state index in [0.717, 1.165) is 12.0 Å². The standard InChI is InChI=1S/C19H24O4/c1-12(2)23-17-15(11-14-9-7-6-8-10-14)13(3)16(20)18(21-4)19(17)22-5/h6-10,13,15,17H,1,11H2,2-5H3. The minimum Gasteiger partial charge on any atom is -0.493 e. The summed E-state index contributed by atoms with van der Waals surface area (Å²) in [7, 11) is 3.01. The summed E-state index contributed by atoms with van der Waals surface area (Å²) in [5, 5.41) is 0. The summed E-state index contributed by atoms with van der Waals surface area (Å²) in [5.74, 6) is 0.949. The molecule has 0 fully saturated rings. The molecule has 3 unspecified atom stereocenters. The van der Waals surface area contributed by atoms with Gasteiger partial charge in [0.2, 0.25) is 11.5 Å². The molecule has 0 heterocycles. The molecule has 1 aromatic carbocycles. The first-order chi connectivity index (χ1) is 11.0. The maximum Gasteiger partial charge on any atom is 0.204 e. The number of hydrogen-bond donors (Lipinski definition) is 0. The molecule has 0 N–H and O–H groups in total. The minimum atomic E-state index is -0.389. The van der Waals surface area contributed by atoms with E-state index in [-0.39, 0.29) is 29.5 Å². The molecular weight excluding hydrogens is 292 g/mol. The van der Waals surface area contributed by atoms with Crippen molar-refractivity contribution in [3.05, 3.63) is 59.8 Å². The number of ether oxygens (including phenoxy) is 3. The Bertz CT molecular complexity index is 603. The molecule has 124 valence electrons. The number of hydrogen-bond acceptors (Lipinski definition) is 4. The molecule has 3 atom stereocenters. The van der Waals surface area contributed by atoms with Gasteiger partial charge < -0.3 is 14.2 Å². The van der Waals surface area contributed by atoms with E-state index in [0.29, 0.717) is 11.5 Å². The summed E-state index contributed by atoms with van der Waals surface area (Å²) in [6.45, 7) is 7.53. The van der Waals surface area contributed by atoms with E-state index in [1.165, 1.54) is 14.2 Å². The zero-order chi connectivity index (χ0) is 17.0. The highest BCUT2D eigenvalue weighted by atomic mass is 16.5. The van der Waals surface area contributed by atoms with E-state index >= 15 is 0 Å². The lowest BCUT2D eigenvalue weighted by Crippen LogP contribution is -2.42. The molecule has 23 heavy (non-hydrogen) atoms. The maximum absolute atomic E-state index is 12.6. The Balaban J connectivity index is 2.43. The Kier molecular flexibility index (Phi) is 5.48. The Hall–Kier alpha value is -2.23. The van der Waals surface area contributed by atoms with Crippen LogP contribution < -0.4 is 0 Å². The fourth-order valence-corrected chi connectivity index (χ4v) is 3.05. The lowest BCUT2D eigenvalue weighted by atomic mass is 9.76. The predicted molar refractivity (Wildman–Crippen MR) is 88.5 cm³/mol. The van der Waals surface area contributed by atoms with Crippen LogP contribution in [0.3, 0.4) is 0 Å². The Morgan fingerprint density at radius 3 is 2.35 bits per heavy atom. The van der Waals surface area contributed by atoms with Gasteiger partial charge >= 0.3 is 0 Å². The van der Waals surface area contributed by atoms with Gasteiger partial charge in [0.05, 0.1) is 20.0 Å². The van der Waals surface area contributed by atoms with E-state index < -0.39 is 0 Å². The van der Waals surface area contributed by atoms with Gasteiger partial charge in [0.15, 0.2) is 11.9 Å². The number of methoxy groups -OCH3 is 2. The van der Waals surface area contributed by atoms with Crippen LogP contribution in [0.4, 0.5) is 0 Å². The summed E-state index contributed by atoms with van der Waals surface area (Å²) >= 11 is 0. The van der Waals surface area contributed by atoms with Crippen LogP contribution in [0.1, 0.15) is 19.4 Å². The van der Waals surface area contributed by atoms with Crippen molar-refractivity contribution in [1.29, 1.82) is 0 Å². The van der Waals surface area contributed by atoms with Crippen molar-refractivity contribution in [2.45, 2.75) is 26.4 Å². The normalized spacial score (nSPS) is 24.3. The lowest BCUT2D eigenvalue weighted by molar-refractivity contribution is -0.128. The van der Waals surface area contributed by atoms with Crippen molar-refractivity contribution < 1.29 is 19.0 Å². The molecule has 0 saturated heterocycles. The fourth-order valence-electron chi connectivity index (χ4n) is 3.05. The van der Waals surface area contributed by atoms with Crippen LogP contribution in [0.5, 0.6) is 0 Å². The first-order valence-electron chi connectivity index (χ1n) is 7.72. The van der Waals surface area contributed by atoms with E-state index in [9.17, 15) is 4.79 Å². The lowest BCUT2D eigenvalue weighted by Gasteiger charge is -2.37. The quantitative estimate of drug-likeness (QED) is 0.754. The highest BCUT2D eigenvalue weighted by molar-refractivity contribution is 5.97. The summed E-state index contributed by atoms with van der Waals surface area (Å²) in [4.78, 5) is 12.6. The average molecular weight is 316 g/mol. The molecule has 1 aliphatic rings. The first kappa shape index (κ1) is 17.1. The molecule has 0 aliphatic heterocycles. The fraction of sp³-hybridized carbons (Fsp3) is 0.421. The highest BCUT2D eigenvalue weighted by Gasteiger charge is 2.44. The van der Waals surface area contributed by atoms with Crippen molar-refractivity contribution >= 4 is 5.78 Å². The predicted octanol–water partition coefficient (Wildman–Crippen LogP) is 3.49. The van der Waals surface area contributed by atoms with Crippen LogP contribution in [0.2, 0.25) is 0 Å². The summed E-state index contributed by atoms with van der Waals surface area (Å²) < 4.78 is 16.7. The van der Waals surface area contributed by atoms with Crippen LogP contribution in [0.25, 0.3) is 0 Å². The number of ketones is 1. The largest absolute Gasteiger partial charge is 0.493 e. The molecule has 1 aromatic rings. The average Bonchev–Trinajstić information content (AvgIpc) is 2.54.